The summed E-state index contributed by atoms with van der Waals surface area (Å²) in [6, 6.07) is 27.2. The second kappa shape index (κ2) is 11.8. The van der Waals surface area contributed by atoms with Gasteiger partial charge in [0, 0.05) is 31.1 Å². The molecule has 202 valence electrons. The smallest absolute Gasteiger partial charge is 0.220 e. The zero-order valence-corrected chi connectivity index (χ0v) is 23.6. The number of benzene rings is 3. The highest BCUT2D eigenvalue weighted by atomic mass is 16.2. The first-order valence-corrected chi connectivity index (χ1v) is 14.0. The largest absolute Gasteiger partial charge is 0.334 e. The molecule has 0 spiro atoms. The predicted octanol–water partition coefficient (Wildman–Crippen LogP) is 6.84. The van der Waals surface area contributed by atoms with Crippen LogP contribution in [0.5, 0.6) is 0 Å². The van der Waals surface area contributed by atoms with Crippen LogP contribution in [0, 0.1) is 18.8 Å². The molecule has 1 aliphatic heterocycles. The van der Waals surface area contributed by atoms with Crippen LogP contribution in [0.3, 0.4) is 0 Å². The van der Waals surface area contributed by atoms with Gasteiger partial charge in [0.05, 0.1) is 0 Å². The predicted molar refractivity (Wildman–Crippen MR) is 158 cm³/mol. The quantitative estimate of drug-likeness (QED) is 0.376. The molecule has 2 bridgehead atoms. The van der Waals surface area contributed by atoms with Gasteiger partial charge in [-0.05, 0) is 80.0 Å². The van der Waals surface area contributed by atoms with E-state index >= 15 is 0 Å². The lowest BCUT2D eigenvalue weighted by Gasteiger charge is -2.51. The highest BCUT2D eigenvalue weighted by molar-refractivity contribution is 5.74. The number of hydrogen-bond donors (Lipinski definition) is 2. The van der Waals surface area contributed by atoms with E-state index in [1.807, 2.05) is 23.1 Å². The van der Waals surface area contributed by atoms with Crippen molar-refractivity contribution in [2.24, 2.45) is 23.3 Å². The molecular formula is C34H45N3O. The second-order valence-electron chi connectivity index (χ2n) is 12.4. The fraction of sp³-hybridized carbons (Fsp3) is 0.441. The molecule has 1 amide bonds. The Labute approximate surface area is 229 Å². The molecule has 6 rings (SSSR count). The molecule has 4 heteroatoms. The number of carbonyl (C=O) groups excluding carboxylic acids is 1. The van der Waals surface area contributed by atoms with Gasteiger partial charge in [0.2, 0.25) is 5.91 Å². The summed E-state index contributed by atoms with van der Waals surface area (Å²) in [4.78, 5) is 12.9. The minimum Gasteiger partial charge on any atom is -0.334 e. The Morgan fingerprint density at radius 1 is 0.816 bits per heavy atom. The Hall–Kier alpha value is -2.95. The van der Waals surface area contributed by atoms with Crippen molar-refractivity contribution in [2.75, 3.05) is 0 Å². The van der Waals surface area contributed by atoms with Crippen LogP contribution in [0.4, 0.5) is 0 Å². The minimum absolute atomic E-state index is 0.00218. The number of hydrogen-bond acceptors (Lipinski definition) is 3. The van der Waals surface area contributed by atoms with E-state index in [0.717, 1.165) is 31.3 Å². The van der Waals surface area contributed by atoms with Crippen molar-refractivity contribution >= 4 is 5.91 Å². The number of nitrogens with two attached hydrogens (primary N) is 2. The van der Waals surface area contributed by atoms with Gasteiger partial charge in [-0.1, -0.05) is 91.3 Å². The summed E-state index contributed by atoms with van der Waals surface area (Å²) >= 11 is 0. The molecular weight excluding hydrogens is 466 g/mol. The average Bonchev–Trinajstić information content (AvgIpc) is 3.29. The SMILES string of the molecule is CC(=O)N1Cc2ccccc2C1.CC1CC2CC(C)(N)CC(N)(C1)C2.Cc1ccc(-c2ccccc2)cc1. The van der Waals surface area contributed by atoms with Crippen LogP contribution < -0.4 is 11.5 Å². The van der Waals surface area contributed by atoms with Gasteiger partial charge >= 0.3 is 0 Å². The summed E-state index contributed by atoms with van der Waals surface area (Å²) in [5.41, 5.74) is 19.1. The van der Waals surface area contributed by atoms with E-state index in [4.69, 9.17) is 11.5 Å². The molecule has 4 N–H and O–H groups in total. The molecule has 2 aliphatic carbocycles. The standard InChI is InChI=1S/C13H12.C11H22N2.C10H11NO/c1-11-7-9-13(10-8-11)12-5-3-2-4-6-12;1-8-3-9-5-10(2,12)7-11(13,4-8)6-9;1-8(12)11-6-9-4-2-3-5-10(9)7-11/h2-10H,1H3;8-9H,3-7,12-13H2,1-2H3;2-5H,6-7H2,1H3. The summed E-state index contributed by atoms with van der Waals surface area (Å²) in [6.07, 6.45) is 5.92. The average molecular weight is 512 g/mol. The van der Waals surface area contributed by atoms with Crippen molar-refractivity contribution in [1.82, 2.24) is 4.90 Å². The maximum Gasteiger partial charge on any atom is 0.220 e. The third-order valence-electron chi connectivity index (χ3n) is 8.14. The Kier molecular flexibility index (Phi) is 8.74. The van der Waals surface area contributed by atoms with Gasteiger partial charge in [-0.3, -0.25) is 4.79 Å². The summed E-state index contributed by atoms with van der Waals surface area (Å²) in [5, 5.41) is 0. The van der Waals surface area contributed by atoms with Crippen LogP contribution in [0.1, 0.15) is 69.6 Å². The zero-order valence-electron chi connectivity index (χ0n) is 23.6. The second-order valence-corrected chi connectivity index (χ2v) is 12.4. The lowest BCUT2D eigenvalue weighted by Crippen LogP contribution is -2.59. The topological polar surface area (TPSA) is 72.3 Å². The third-order valence-corrected chi connectivity index (χ3v) is 8.14. The van der Waals surface area contributed by atoms with E-state index < -0.39 is 0 Å². The third kappa shape index (κ3) is 7.55. The summed E-state index contributed by atoms with van der Waals surface area (Å²) in [5.74, 6) is 1.75. The first-order valence-electron chi connectivity index (χ1n) is 14.0. The van der Waals surface area contributed by atoms with Crippen LogP contribution in [0.2, 0.25) is 0 Å². The first kappa shape index (κ1) is 28.1. The number of rotatable bonds is 1. The van der Waals surface area contributed by atoms with Gasteiger partial charge in [0.15, 0.2) is 0 Å². The van der Waals surface area contributed by atoms with E-state index in [2.05, 4.69) is 81.4 Å². The summed E-state index contributed by atoms with van der Waals surface area (Å²) in [7, 11) is 0. The molecule has 38 heavy (non-hydrogen) atoms. The van der Waals surface area contributed by atoms with Crippen molar-refractivity contribution in [1.29, 1.82) is 0 Å². The Morgan fingerprint density at radius 2 is 1.37 bits per heavy atom. The monoisotopic (exact) mass is 511 g/mol. The normalized spacial score (nSPS) is 27.3. The molecule has 3 aromatic rings. The van der Waals surface area contributed by atoms with E-state index in [0.29, 0.717) is 0 Å². The fourth-order valence-corrected chi connectivity index (χ4v) is 6.86. The number of amides is 1. The van der Waals surface area contributed by atoms with Crippen LogP contribution in [0.15, 0.2) is 78.9 Å². The maximum atomic E-state index is 11.0. The van der Waals surface area contributed by atoms with Crippen LogP contribution in [-0.2, 0) is 17.9 Å². The van der Waals surface area contributed by atoms with E-state index in [1.165, 1.54) is 53.5 Å². The van der Waals surface area contributed by atoms with Gasteiger partial charge in [0.1, 0.15) is 0 Å². The van der Waals surface area contributed by atoms with Gasteiger partial charge < -0.3 is 16.4 Å². The zero-order chi connectivity index (χ0) is 27.3. The summed E-state index contributed by atoms with van der Waals surface area (Å²) < 4.78 is 0. The van der Waals surface area contributed by atoms with Gasteiger partial charge in [-0.15, -0.1) is 0 Å². The number of nitrogens with zero attached hydrogens (tertiary/aromatic N) is 1. The Morgan fingerprint density at radius 3 is 1.92 bits per heavy atom. The number of carbonyl (C=O) groups is 1. The molecule has 2 fully saturated rings. The fourth-order valence-electron chi connectivity index (χ4n) is 6.86. The molecule has 2 saturated carbocycles. The number of fused-ring (bicyclic) bond motifs is 3. The molecule has 4 nitrogen and oxygen atoms in total. The lowest BCUT2D eigenvalue weighted by atomic mass is 9.59. The van der Waals surface area contributed by atoms with E-state index in [9.17, 15) is 4.79 Å². The lowest BCUT2D eigenvalue weighted by molar-refractivity contribution is -0.129. The Bertz CT molecular complexity index is 1170. The van der Waals surface area contributed by atoms with Crippen molar-refractivity contribution in [3.8, 4) is 11.1 Å². The van der Waals surface area contributed by atoms with Crippen LogP contribution in [-0.4, -0.2) is 21.9 Å². The van der Waals surface area contributed by atoms with E-state index in [-0.39, 0.29) is 17.0 Å². The highest BCUT2D eigenvalue weighted by Gasteiger charge is 2.46. The molecule has 0 radical (unpaired) electrons. The molecule has 1 heterocycles. The molecule has 4 atom stereocenters. The van der Waals surface area contributed by atoms with E-state index in [1.54, 1.807) is 6.92 Å². The van der Waals surface area contributed by atoms with Crippen molar-refractivity contribution in [3.05, 3.63) is 95.6 Å². The van der Waals surface area contributed by atoms with Crippen molar-refractivity contribution in [3.63, 3.8) is 0 Å². The Balaban J connectivity index is 0.000000133. The molecule has 0 saturated heterocycles. The molecule has 3 aliphatic rings. The first-order chi connectivity index (χ1) is 18.0. The van der Waals surface area contributed by atoms with Gasteiger partial charge in [-0.25, -0.2) is 0 Å². The minimum atomic E-state index is -0.00218. The maximum absolute atomic E-state index is 11.0. The van der Waals surface area contributed by atoms with Crippen LogP contribution >= 0.6 is 0 Å². The van der Waals surface area contributed by atoms with Crippen molar-refractivity contribution in [2.45, 2.75) is 84.0 Å². The number of aryl methyl sites for hydroxylation is 1. The van der Waals surface area contributed by atoms with Gasteiger partial charge in [0.25, 0.3) is 0 Å². The molecule has 3 aromatic carbocycles. The van der Waals surface area contributed by atoms with Crippen LogP contribution in [0.25, 0.3) is 11.1 Å². The highest BCUT2D eigenvalue weighted by Crippen LogP contribution is 2.46. The summed E-state index contributed by atoms with van der Waals surface area (Å²) in [6.45, 7) is 9.78. The van der Waals surface area contributed by atoms with Gasteiger partial charge in [-0.2, -0.15) is 0 Å². The molecule has 0 aromatic heterocycles. The molecule has 4 unspecified atom stereocenters. The van der Waals surface area contributed by atoms with Crippen molar-refractivity contribution < 1.29 is 4.79 Å².